The van der Waals surface area contributed by atoms with Gasteiger partial charge in [-0.05, 0) is 24.3 Å². The molecular weight excluding hydrogens is 335 g/mol. The fourth-order valence-corrected chi connectivity index (χ4v) is 2.52. The highest BCUT2D eigenvalue weighted by molar-refractivity contribution is 5.90. The molecule has 3 aromatic rings. The number of pyridine rings is 2. The molecule has 0 aliphatic heterocycles. The molecule has 1 aromatic carbocycles. The first-order valence-corrected chi connectivity index (χ1v) is 7.46. The number of aromatic nitrogens is 2. The van der Waals surface area contributed by atoms with E-state index in [2.05, 4.69) is 10.3 Å². The van der Waals surface area contributed by atoms with Crippen molar-refractivity contribution in [3.05, 3.63) is 64.6 Å². The van der Waals surface area contributed by atoms with Crippen LogP contribution in [-0.2, 0) is 6.18 Å². The van der Waals surface area contributed by atoms with Gasteiger partial charge in [0.2, 0.25) is 0 Å². The van der Waals surface area contributed by atoms with Crippen LogP contribution in [0.1, 0.15) is 5.69 Å². The quantitative estimate of drug-likeness (QED) is 0.760. The number of halogens is 3. The first-order valence-electron chi connectivity index (χ1n) is 7.46. The number of benzene rings is 1. The number of rotatable bonds is 4. The van der Waals surface area contributed by atoms with Gasteiger partial charge < -0.3 is 10.4 Å². The van der Waals surface area contributed by atoms with Crippen molar-refractivity contribution < 1.29 is 18.3 Å². The van der Waals surface area contributed by atoms with Gasteiger partial charge in [-0.1, -0.05) is 18.2 Å². The molecule has 2 N–H and O–H groups in total. The molecule has 0 saturated heterocycles. The highest BCUT2D eigenvalue weighted by Gasteiger charge is 2.33. The maximum atomic E-state index is 13.1. The number of hydrogen-bond acceptors (Lipinski definition) is 4. The highest BCUT2D eigenvalue weighted by atomic mass is 19.4. The summed E-state index contributed by atoms with van der Waals surface area (Å²) in [5.74, 6) is 0. The minimum absolute atomic E-state index is 0.103. The Morgan fingerprint density at radius 3 is 2.48 bits per heavy atom. The molecule has 0 aliphatic carbocycles. The van der Waals surface area contributed by atoms with E-state index in [0.717, 1.165) is 10.6 Å². The molecule has 0 fully saturated rings. The van der Waals surface area contributed by atoms with Crippen LogP contribution in [0.2, 0.25) is 0 Å². The Morgan fingerprint density at radius 2 is 1.84 bits per heavy atom. The van der Waals surface area contributed by atoms with Gasteiger partial charge in [0.05, 0.1) is 18.0 Å². The second-order valence-electron chi connectivity index (χ2n) is 5.28. The fraction of sp³-hybridized carbons (Fsp3) is 0.176. The van der Waals surface area contributed by atoms with Crippen LogP contribution in [0.3, 0.4) is 0 Å². The molecule has 130 valence electrons. The maximum Gasteiger partial charge on any atom is 0.433 e. The zero-order valence-electron chi connectivity index (χ0n) is 12.9. The van der Waals surface area contributed by atoms with Crippen molar-refractivity contribution in [3.63, 3.8) is 0 Å². The van der Waals surface area contributed by atoms with Crippen LogP contribution in [0.15, 0.2) is 53.3 Å². The summed E-state index contributed by atoms with van der Waals surface area (Å²) in [6.45, 7) is -0.0256. The number of anilines is 1. The second kappa shape index (κ2) is 6.56. The van der Waals surface area contributed by atoms with Crippen LogP contribution in [0.25, 0.3) is 16.7 Å². The highest BCUT2D eigenvalue weighted by Crippen LogP contribution is 2.31. The number of alkyl halides is 3. The van der Waals surface area contributed by atoms with Gasteiger partial charge in [-0.3, -0.25) is 9.36 Å². The van der Waals surface area contributed by atoms with Crippen LogP contribution >= 0.6 is 0 Å². The fourth-order valence-electron chi connectivity index (χ4n) is 2.52. The lowest BCUT2D eigenvalue weighted by atomic mass is 10.2. The number of para-hydroxylation sites is 1. The van der Waals surface area contributed by atoms with Crippen molar-refractivity contribution >= 4 is 16.7 Å². The number of aliphatic hydroxyl groups excluding tert-OH is 1. The predicted molar refractivity (Wildman–Crippen MR) is 87.9 cm³/mol. The molecule has 0 amide bonds. The zero-order chi connectivity index (χ0) is 18.0. The average Bonchev–Trinajstić information content (AvgIpc) is 2.59. The number of nitrogens with zero attached hydrogens (tertiary/aromatic N) is 2. The number of fused-ring (bicyclic) bond motifs is 1. The van der Waals surface area contributed by atoms with Crippen LogP contribution in [0.5, 0.6) is 0 Å². The molecule has 25 heavy (non-hydrogen) atoms. The van der Waals surface area contributed by atoms with Crippen molar-refractivity contribution in [2.75, 3.05) is 18.5 Å². The predicted octanol–water partition coefficient (Wildman–Crippen LogP) is 2.81. The zero-order valence-corrected chi connectivity index (χ0v) is 12.9. The van der Waals surface area contributed by atoms with Crippen LogP contribution in [-0.4, -0.2) is 27.8 Å². The first-order chi connectivity index (χ1) is 11.9. The molecule has 8 heteroatoms. The molecule has 3 rings (SSSR count). The Bertz CT molecular complexity index is 953. The summed E-state index contributed by atoms with van der Waals surface area (Å²) in [4.78, 5) is 16.2. The standard InChI is InChI=1S/C17H14F3N3O2/c18-17(19,20)14-7-6-12-13(21-8-9-24)10-15(25)23(16(12)22-14)11-4-2-1-3-5-11/h1-7,10,21,24H,8-9H2. The third kappa shape index (κ3) is 3.34. The Balaban J connectivity index is 2.34. The summed E-state index contributed by atoms with van der Waals surface area (Å²) in [5, 5.41) is 12.1. The summed E-state index contributed by atoms with van der Waals surface area (Å²) < 4.78 is 40.3. The SMILES string of the molecule is O=c1cc(NCCO)c2ccc(C(F)(F)F)nc2n1-c1ccccc1. The molecule has 0 radical (unpaired) electrons. The largest absolute Gasteiger partial charge is 0.433 e. The van der Waals surface area contributed by atoms with E-state index in [1.807, 2.05) is 0 Å². The van der Waals surface area contributed by atoms with Crippen LogP contribution < -0.4 is 10.9 Å². The molecular formula is C17H14F3N3O2. The minimum atomic E-state index is -4.62. The molecule has 2 heterocycles. The lowest BCUT2D eigenvalue weighted by Crippen LogP contribution is -2.21. The van der Waals surface area contributed by atoms with Crippen molar-refractivity contribution in [1.82, 2.24) is 9.55 Å². The molecule has 0 saturated carbocycles. The lowest BCUT2D eigenvalue weighted by Gasteiger charge is -2.15. The van der Waals surface area contributed by atoms with E-state index in [9.17, 15) is 18.0 Å². The monoisotopic (exact) mass is 349 g/mol. The van der Waals surface area contributed by atoms with E-state index in [0.29, 0.717) is 16.8 Å². The topological polar surface area (TPSA) is 67.2 Å². The van der Waals surface area contributed by atoms with E-state index < -0.39 is 17.4 Å². The van der Waals surface area contributed by atoms with Gasteiger partial charge in [0.25, 0.3) is 5.56 Å². The summed E-state index contributed by atoms with van der Waals surface area (Å²) in [6.07, 6.45) is -4.62. The molecule has 2 aromatic heterocycles. The van der Waals surface area contributed by atoms with Gasteiger partial charge in [-0.2, -0.15) is 13.2 Å². The Labute approximate surface area is 140 Å². The van der Waals surface area contributed by atoms with Crippen LogP contribution in [0.4, 0.5) is 18.9 Å². The van der Waals surface area contributed by atoms with Crippen LogP contribution in [0, 0.1) is 0 Å². The summed E-state index contributed by atoms with van der Waals surface area (Å²) in [5.41, 5.74) is -0.969. The minimum Gasteiger partial charge on any atom is -0.395 e. The van der Waals surface area contributed by atoms with E-state index in [4.69, 9.17) is 5.11 Å². The Morgan fingerprint density at radius 1 is 1.12 bits per heavy atom. The van der Waals surface area contributed by atoms with E-state index in [-0.39, 0.29) is 18.8 Å². The smallest absolute Gasteiger partial charge is 0.395 e. The van der Waals surface area contributed by atoms with Crippen molar-refractivity contribution in [1.29, 1.82) is 0 Å². The van der Waals surface area contributed by atoms with Crippen molar-refractivity contribution in [3.8, 4) is 5.69 Å². The van der Waals surface area contributed by atoms with E-state index in [1.54, 1.807) is 30.3 Å². The number of aliphatic hydroxyl groups is 1. The second-order valence-corrected chi connectivity index (χ2v) is 5.28. The van der Waals surface area contributed by atoms with Crippen molar-refractivity contribution in [2.24, 2.45) is 0 Å². The summed E-state index contributed by atoms with van der Waals surface area (Å²) >= 11 is 0. The van der Waals surface area contributed by atoms with Gasteiger partial charge in [-0.15, -0.1) is 0 Å². The number of nitrogens with one attached hydrogen (secondary N) is 1. The molecule has 0 aliphatic rings. The van der Waals surface area contributed by atoms with Gasteiger partial charge in [0.15, 0.2) is 0 Å². The van der Waals surface area contributed by atoms with E-state index in [1.165, 1.54) is 12.1 Å². The Hall–Kier alpha value is -2.87. The third-order valence-electron chi connectivity index (χ3n) is 3.60. The summed E-state index contributed by atoms with van der Waals surface area (Å²) in [7, 11) is 0. The molecule has 0 bridgehead atoms. The third-order valence-corrected chi connectivity index (χ3v) is 3.60. The van der Waals surface area contributed by atoms with Gasteiger partial charge in [-0.25, -0.2) is 4.98 Å². The first kappa shape index (κ1) is 17.0. The number of hydrogen-bond donors (Lipinski definition) is 2. The normalized spacial score (nSPS) is 11.7. The van der Waals surface area contributed by atoms with Crippen molar-refractivity contribution in [2.45, 2.75) is 6.18 Å². The molecule has 0 atom stereocenters. The lowest BCUT2D eigenvalue weighted by molar-refractivity contribution is -0.141. The average molecular weight is 349 g/mol. The maximum absolute atomic E-state index is 13.1. The summed E-state index contributed by atoms with van der Waals surface area (Å²) in [6, 6.07) is 11.7. The van der Waals surface area contributed by atoms with Gasteiger partial charge >= 0.3 is 6.18 Å². The molecule has 0 unspecified atom stereocenters. The molecule has 0 spiro atoms. The van der Waals surface area contributed by atoms with E-state index >= 15 is 0 Å². The Kier molecular flexibility index (Phi) is 4.45. The van der Waals surface area contributed by atoms with Gasteiger partial charge in [0.1, 0.15) is 11.3 Å². The molecule has 5 nitrogen and oxygen atoms in total. The van der Waals surface area contributed by atoms with Gasteiger partial charge in [0, 0.05) is 18.0 Å².